The van der Waals surface area contributed by atoms with Crippen LogP contribution in [0.5, 0.6) is 17.2 Å². The van der Waals surface area contributed by atoms with Crippen LogP contribution in [0.2, 0.25) is 0 Å². The predicted molar refractivity (Wildman–Crippen MR) is 82.9 cm³/mol. The van der Waals surface area contributed by atoms with Gasteiger partial charge in [0, 0.05) is 11.3 Å². The highest BCUT2D eigenvalue weighted by atomic mass is 16.5. The summed E-state index contributed by atoms with van der Waals surface area (Å²) in [4.78, 5) is 11.2. The van der Waals surface area contributed by atoms with Gasteiger partial charge in [0.15, 0.2) is 11.5 Å². The highest BCUT2D eigenvalue weighted by molar-refractivity contribution is 5.95. The van der Waals surface area contributed by atoms with Crippen molar-refractivity contribution in [3.05, 3.63) is 35.9 Å². The van der Waals surface area contributed by atoms with Gasteiger partial charge in [0.05, 0.1) is 26.9 Å². The molecule has 0 atom stereocenters. The second-order valence-corrected chi connectivity index (χ2v) is 4.49. The number of nitrogen functional groups attached to an aromatic ring is 1. The van der Waals surface area contributed by atoms with Crippen molar-refractivity contribution in [3.8, 4) is 28.4 Å². The van der Waals surface area contributed by atoms with Gasteiger partial charge in [-0.1, -0.05) is 6.07 Å². The maximum absolute atomic E-state index is 11.2. The highest BCUT2D eigenvalue weighted by Crippen LogP contribution is 2.44. The smallest absolute Gasteiger partial charge is 0.337 e. The molecule has 2 aromatic rings. The lowest BCUT2D eigenvalue weighted by Gasteiger charge is -2.16. The number of carbonyl (C=O) groups is 1. The lowest BCUT2D eigenvalue weighted by molar-refractivity contribution is 0.0698. The minimum Gasteiger partial charge on any atom is -0.493 e. The summed E-state index contributed by atoms with van der Waals surface area (Å²) in [5.41, 5.74) is 7.26. The van der Waals surface area contributed by atoms with Gasteiger partial charge in [-0.05, 0) is 29.8 Å². The molecule has 0 saturated heterocycles. The van der Waals surface area contributed by atoms with Gasteiger partial charge in [0.2, 0.25) is 5.75 Å². The lowest BCUT2D eigenvalue weighted by atomic mass is 10.00. The molecule has 2 rings (SSSR count). The molecule has 116 valence electrons. The molecule has 0 aliphatic carbocycles. The number of carboxylic acids is 1. The molecule has 0 aromatic heterocycles. The van der Waals surface area contributed by atoms with Crippen LogP contribution < -0.4 is 19.9 Å². The molecule has 0 amide bonds. The van der Waals surface area contributed by atoms with E-state index < -0.39 is 5.97 Å². The average Bonchev–Trinajstić information content (AvgIpc) is 2.53. The maximum Gasteiger partial charge on any atom is 0.337 e. The monoisotopic (exact) mass is 303 g/mol. The maximum atomic E-state index is 11.2. The quantitative estimate of drug-likeness (QED) is 0.825. The van der Waals surface area contributed by atoms with E-state index in [9.17, 15) is 9.90 Å². The van der Waals surface area contributed by atoms with Crippen LogP contribution in [0.4, 0.5) is 5.69 Å². The molecule has 0 aliphatic rings. The first-order valence-electron chi connectivity index (χ1n) is 6.45. The van der Waals surface area contributed by atoms with Crippen LogP contribution >= 0.6 is 0 Å². The first kappa shape index (κ1) is 15.5. The molecule has 0 spiro atoms. The minimum absolute atomic E-state index is 0.0364. The fraction of sp³-hybridized carbons (Fsp3) is 0.188. The SMILES string of the molecule is COc1ccc(-c2ccc(N)c(C(=O)O)c2)c(OC)c1OC. The van der Waals surface area contributed by atoms with Crippen LogP contribution in [0, 0.1) is 0 Å². The summed E-state index contributed by atoms with van der Waals surface area (Å²) in [5, 5.41) is 9.19. The van der Waals surface area contributed by atoms with Gasteiger partial charge in [-0.3, -0.25) is 0 Å². The summed E-state index contributed by atoms with van der Waals surface area (Å²) in [7, 11) is 4.55. The summed E-state index contributed by atoms with van der Waals surface area (Å²) in [6, 6.07) is 8.28. The predicted octanol–water partition coefficient (Wildman–Crippen LogP) is 2.66. The van der Waals surface area contributed by atoms with Gasteiger partial charge in [-0.2, -0.15) is 0 Å². The topological polar surface area (TPSA) is 91.0 Å². The summed E-state index contributed by atoms with van der Waals surface area (Å²) in [5.74, 6) is 0.343. The Kier molecular flexibility index (Phi) is 4.41. The minimum atomic E-state index is -1.08. The van der Waals surface area contributed by atoms with Crippen LogP contribution in [0.1, 0.15) is 10.4 Å². The number of hydrogen-bond acceptors (Lipinski definition) is 5. The third kappa shape index (κ3) is 2.63. The van der Waals surface area contributed by atoms with E-state index in [-0.39, 0.29) is 11.3 Å². The van der Waals surface area contributed by atoms with E-state index in [0.29, 0.717) is 28.4 Å². The first-order chi connectivity index (χ1) is 10.5. The standard InChI is InChI=1S/C16H17NO5/c1-20-13-7-5-10(14(21-2)15(13)22-3)9-4-6-12(17)11(8-9)16(18)19/h4-8H,17H2,1-3H3,(H,18,19). The Bertz CT molecular complexity index is 712. The normalized spacial score (nSPS) is 10.1. The molecule has 0 fully saturated rings. The van der Waals surface area contributed by atoms with Gasteiger partial charge < -0.3 is 25.1 Å². The van der Waals surface area contributed by atoms with E-state index in [2.05, 4.69) is 0 Å². The number of anilines is 1. The zero-order chi connectivity index (χ0) is 16.3. The Morgan fingerprint density at radius 2 is 1.68 bits per heavy atom. The van der Waals surface area contributed by atoms with E-state index in [1.165, 1.54) is 27.4 Å². The van der Waals surface area contributed by atoms with E-state index in [1.807, 2.05) is 0 Å². The second-order valence-electron chi connectivity index (χ2n) is 4.49. The van der Waals surface area contributed by atoms with Gasteiger partial charge >= 0.3 is 5.97 Å². The lowest BCUT2D eigenvalue weighted by Crippen LogP contribution is -2.03. The molecule has 6 heteroatoms. The average molecular weight is 303 g/mol. The highest BCUT2D eigenvalue weighted by Gasteiger charge is 2.18. The Balaban J connectivity index is 2.67. The number of rotatable bonds is 5. The number of hydrogen-bond donors (Lipinski definition) is 2. The van der Waals surface area contributed by atoms with Crippen LogP contribution in [0.3, 0.4) is 0 Å². The summed E-state index contributed by atoms with van der Waals surface area (Å²) < 4.78 is 16.0. The number of carboxylic acid groups (broad SMARTS) is 1. The van der Waals surface area contributed by atoms with Gasteiger partial charge in [-0.15, -0.1) is 0 Å². The molecule has 3 N–H and O–H groups in total. The molecular weight excluding hydrogens is 286 g/mol. The molecule has 0 aliphatic heterocycles. The van der Waals surface area contributed by atoms with E-state index in [4.69, 9.17) is 19.9 Å². The summed E-state index contributed by atoms with van der Waals surface area (Å²) in [6.45, 7) is 0. The molecule has 6 nitrogen and oxygen atoms in total. The number of benzene rings is 2. The summed E-state index contributed by atoms with van der Waals surface area (Å²) in [6.07, 6.45) is 0. The second kappa shape index (κ2) is 6.26. The molecule has 0 radical (unpaired) electrons. The van der Waals surface area contributed by atoms with Gasteiger partial charge in [0.1, 0.15) is 0 Å². The molecule has 2 aromatic carbocycles. The van der Waals surface area contributed by atoms with E-state index >= 15 is 0 Å². The largest absolute Gasteiger partial charge is 0.493 e. The van der Waals surface area contributed by atoms with Gasteiger partial charge in [0.25, 0.3) is 0 Å². The zero-order valence-corrected chi connectivity index (χ0v) is 12.5. The van der Waals surface area contributed by atoms with Crippen LogP contribution in [-0.4, -0.2) is 32.4 Å². The van der Waals surface area contributed by atoms with Crippen molar-refractivity contribution >= 4 is 11.7 Å². The van der Waals surface area contributed by atoms with Crippen molar-refractivity contribution in [1.82, 2.24) is 0 Å². The van der Waals surface area contributed by atoms with Crippen molar-refractivity contribution in [2.45, 2.75) is 0 Å². The van der Waals surface area contributed by atoms with Gasteiger partial charge in [-0.25, -0.2) is 4.79 Å². The number of methoxy groups -OCH3 is 3. The van der Waals surface area contributed by atoms with Crippen LogP contribution in [0.15, 0.2) is 30.3 Å². The molecule has 0 bridgehead atoms. The number of nitrogens with two attached hydrogens (primary N) is 1. The Morgan fingerprint density at radius 3 is 2.23 bits per heavy atom. The number of ether oxygens (including phenoxy) is 3. The Morgan fingerprint density at radius 1 is 1.00 bits per heavy atom. The van der Waals surface area contributed by atoms with Crippen molar-refractivity contribution in [3.63, 3.8) is 0 Å². The fourth-order valence-electron chi connectivity index (χ4n) is 2.24. The molecule has 22 heavy (non-hydrogen) atoms. The van der Waals surface area contributed by atoms with Crippen LogP contribution in [-0.2, 0) is 0 Å². The van der Waals surface area contributed by atoms with E-state index in [0.717, 1.165) is 0 Å². The van der Waals surface area contributed by atoms with E-state index in [1.54, 1.807) is 24.3 Å². The third-order valence-corrected chi connectivity index (χ3v) is 3.30. The Labute approximate surface area is 128 Å². The van der Waals surface area contributed by atoms with Crippen molar-refractivity contribution < 1.29 is 24.1 Å². The molecule has 0 unspecified atom stereocenters. The zero-order valence-electron chi connectivity index (χ0n) is 12.5. The molecule has 0 heterocycles. The van der Waals surface area contributed by atoms with Crippen molar-refractivity contribution in [2.75, 3.05) is 27.1 Å². The third-order valence-electron chi connectivity index (χ3n) is 3.30. The molecule has 0 saturated carbocycles. The van der Waals surface area contributed by atoms with Crippen LogP contribution in [0.25, 0.3) is 11.1 Å². The Hall–Kier alpha value is -2.89. The van der Waals surface area contributed by atoms with Crippen molar-refractivity contribution in [1.29, 1.82) is 0 Å². The fourth-order valence-corrected chi connectivity index (χ4v) is 2.24. The van der Waals surface area contributed by atoms with Crippen molar-refractivity contribution in [2.24, 2.45) is 0 Å². The first-order valence-corrected chi connectivity index (χ1v) is 6.45. The number of aromatic carboxylic acids is 1. The molecular formula is C16H17NO5. The summed E-state index contributed by atoms with van der Waals surface area (Å²) >= 11 is 0.